The molecule has 118 valence electrons. The molecule has 0 saturated carbocycles. The number of benzene rings is 1. The van der Waals surface area contributed by atoms with Gasteiger partial charge in [-0.2, -0.15) is 0 Å². The van der Waals surface area contributed by atoms with Crippen LogP contribution in [0.2, 0.25) is 0 Å². The Bertz CT molecular complexity index is 597. The molecule has 2 amide bonds. The van der Waals surface area contributed by atoms with E-state index in [2.05, 4.69) is 0 Å². The van der Waals surface area contributed by atoms with E-state index in [1.807, 2.05) is 0 Å². The molecule has 1 aliphatic rings. The molecule has 1 unspecified atom stereocenters. The molecule has 2 rings (SSSR count). The molecule has 0 aliphatic carbocycles. The van der Waals surface area contributed by atoms with Gasteiger partial charge in [-0.15, -0.1) is 0 Å². The number of amides is 2. The van der Waals surface area contributed by atoms with Crippen molar-refractivity contribution in [2.24, 2.45) is 5.92 Å². The number of nitrogens with zero attached hydrogens (tertiary/aromatic N) is 1. The van der Waals surface area contributed by atoms with Gasteiger partial charge in [-0.05, 0) is 31.5 Å². The Balaban J connectivity index is 2.38. The monoisotopic (exact) mass is 307 g/mol. The van der Waals surface area contributed by atoms with Crippen molar-refractivity contribution < 1.29 is 23.5 Å². The lowest BCUT2D eigenvalue weighted by atomic mass is 9.79. The maximum absolute atomic E-state index is 13.1. The number of carbonyl (C=O) groups excluding carboxylic acids is 3. The van der Waals surface area contributed by atoms with Gasteiger partial charge < -0.3 is 4.74 Å². The quantitative estimate of drug-likeness (QED) is 0.486. The van der Waals surface area contributed by atoms with Crippen molar-refractivity contribution in [2.75, 3.05) is 7.05 Å². The summed E-state index contributed by atoms with van der Waals surface area (Å²) < 4.78 is 18.2. The smallest absolute Gasteiger partial charge is 0.319 e. The van der Waals surface area contributed by atoms with E-state index >= 15 is 0 Å². The van der Waals surface area contributed by atoms with Gasteiger partial charge in [0.2, 0.25) is 11.8 Å². The minimum atomic E-state index is -1.09. The average molecular weight is 307 g/mol. The number of halogens is 1. The summed E-state index contributed by atoms with van der Waals surface area (Å²) >= 11 is 0. The third kappa shape index (κ3) is 3.16. The summed E-state index contributed by atoms with van der Waals surface area (Å²) in [5, 5.41) is 0. The maximum atomic E-state index is 13.1. The summed E-state index contributed by atoms with van der Waals surface area (Å²) in [6.45, 7) is 3.37. The van der Waals surface area contributed by atoms with Crippen LogP contribution in [0.25, 0.3) is 0 Å². The SMILES string of the molecule is CC(C)OC(=O)[C@H]1C(=O)N(C)C(=O)CC1c1ccc(F)cc1. The van der Waals surface area contributed by atoms with Gasteiger partial charge in [-0.1, -0.05) is 12.1 Å². The Morgan fingerprint density at radius 2 is 1.86 bits per heavy atom. The van der Waals surface area contributed by atoms with Crippen LogP contribution in [-0.4, -0.2) is 35.8 Å². The molecule has 0 radical (unpaired) electrons. The van der Waals surface area contributed by atoms with Gasteiger partial charge in [0.15, 0.2) is 0 Å². The summed E-state index contributed by atoms with van der Waals surface area (Å²) in [5.41, 5.74) is 0.571. The fourth-order valence-corrected chi connectivity index (χ4v) is 2.54. The van der Waals surface area contributed by atoms with E-state index in [0.717, 1.165) is 4.90 Å². The number of rotatable bonds is 3. The molecule has 5 nitrogen and oxygen atoms in total. The normalized spacial score (nSPS) is 22.1. The summed E-state index contributed by atoms with van der Waals surface area (Å²) in [5.74, 6) is -3.76. The summed E-state index contributed by atoms with van der Waals surface area (Å²) in [6, 6.07) is 5.46. The van der Waals surface area contributed by atoms with Gasteiger partial charge in [0.1, 0.15) is 11.7 Å². The molecule has 6 heteroatoms. The predicted octanol–water partition coefficient (Wildman–Crippen LogP) is 1.87. The Morgan fingerprint density at radius 3 is 2.41 bits per heavy atom. The van der Waals surface area contributed by atoms with Crippen LogP contribution in [-0.2, 0) is 19.1 Å². The maximum Gasteiger partial charge on any atom is 0.319 e. The molecular formula is C16H18FNO4. The Hall–Kier alpha value is -2.24. The zero-order valence-corrected chi connectivity index (χ0v) is 12.7. The zero-order valence-electron chi connectivity index (χ0n) is 12.7. The highest BCUT2D eigenvalue weighted by Gasteiger charge is 2.45. The molecule has 1 aromatic rings. The van der Waals surface area contributed by atoms with Gasteiger partial charge in [0.05, 0.1) is 6.10 Å². The van der Waals surface area contributed by atoms with Crippen LogP contribution >= 0.6 is 0 Å². The van der Waals surface area contributed by atoms with Crippen LogP contribution in [0, 0.1) is 11.7 Å². The van der Waals surface area contributed by atoms with E-state index in [9.17, 15) is 18.8 Å². The van der Waals surface area contributed by atoms with E-state index in [-0.39, 0.29) is 18.4 Å². The van der Waals surface area contributed by atoms with Crippen molar-refractivity contribution in [1.29, 1.82) is 0 Å². The van der Waals surface area contributed by atoms with Gasteiger partial charge in [0.25, 0.3) is 0 Å². The van der Waals surface area contributed by atoms with Crippen LogP contribution in [0.3, 0.4) is 0 Å². The number of piperidine rings is 1. The van der Waals surface area contributed by atoms with E-state index in [0.29, 0.717) is 5.56 Å². The molecule has 0 bridgehead atoms. The van der Waals surface area contributed by atoms with Crippen molar-refractivity contribution in [3.8, 4) is 0 Å². The third-order valence-corrected chi connectivity index (χ3v) is 3.67. The molecule has 0 aromatic heterocycles. The minimum Gasteiger partial charge on any atom is -0.462 e. The molecule has 2 atom stereocenters. The number of carbonyl (C=O) groups is 3. The molecular weight excluding hydrogens is 289 g/mol. The first-order valence-electron chi connectivity index (χ1n) is 7.07. The van der Waals surface area contributed by atoms with E-state index < -0.39 is 29.5 Å². The van der Waals surface area contributed by atoms with Gasteiger partial charge in [0, 0.05) is 19.4 Å². The summed E-state index contributed by atoms with van der Waals surface area (Å²) in [7, 11) is 1.35. The lowest BCUT2D eigenvalue weighted by molar-refractivity contribution is -0.164. The molecule has 1 fully saturated rings. The molecule has 1 saturated heterocycles. The molecule has 1 aliphatic heterocycles. The Morgan fingerprint density at radius 1 is 1.27 bits per heavy atom. The van der Waals surface area contributed by atoms with Gasteiger partial charge in [-0.3, -0.25) is 19.3 Å². The number of hydrogen-bond donors (Lipinski definition) is 0. The van der Waals surface area contributed by atoms with Crippen LogP contribution in [0.15, 0.2) is 24.3 Å². The second-order valence-electron chi connectivity index (χ2n) is 5.62. The zero-order chi connectivity index (χ0) is 16.4. The van der Waals surface area contributed by atoms with Crippen molar-refractivity contribution in [3.05, 3.63) is 35.6 Å². The number of ether oxygens (including phenoxy) is 1. The first kappa shape index (κ1) is 16.1. The first-order chi connectivity index (χ1) is 10.3. The largest absolute Gasteiger partial charge is 0.462 e. The van der Waals surface area contributed by atoms with Crippen molar-refractivity contribution in [2.45, 2.75) is 32.3 Å². The lowest BCUT2D eigenvalue weighted by Crippen LogP contribution is -2.49. The standard InChI is InChI=1S/C16H18FNO4/c1-9(2)22-16(21)14-12(8-13(19)18(3)15(14)20)10-4-6-11(17)7-5-10/h4-7,9,12,14H,8H2,1-3H3/t12?,14-/m1/s1. The Kier molecular flexibility index (Phi) is 4.59. The fraction of sp³-hybridized carbons (Fsp3) is 0.438. The first-order valence-corrected chi connectivity index (χ1v) is 7.07. The van der Waals surface area contributed by atoms with Crippen molar-refractivity contribution in [1.82, 2.24) is 4.90 Å². The van der Waals surface area contributed by atoms with Crippen LogP contribution in [0.5, 0.6) is 0 Å². The number of likely N-dealkylation sites (tertiary alicyclic amines) is 1. The molecule has 1 aromatic carbocycles. The second-order valence-corrected chi connectivity index (χ2v) is 5.62. The van der Waals surface area contributed by atoms with Crippen molar-refractivity contribution in [3.63, 3.8) is 0 Å². The highest BCUT2D eigenvalue weighted by Crippen LogP contribution is 2.35. The summed E-state index contributed by atoms with van der Waals surface area (Å²) in [6.07, 6.45) is -0.358. The highest BCUT2D eigenvalue weighted by atomic mass is 19.1. The lowest BCUT2D eigenvalue weighted by Gasteiger charge is -2.33. The Labute approximate surface area is 128 Å². The van der Waals surface area contributed by atoms with Crippen LogP contribution < -0.4 is 0 Å². The molecule has 1 heterocycles. The third-order valence-electron chi connectivity index (χ3n) is 3.67. The van der Waals surface area contributed by atoms with Gasteiger partial charge in [-0.25, -0.2) is 4.39 Å². The second kappa shape index (κ2) is 6.25. The fourth-order valence-electron chi connectivity index (χ4n) is 2.54. The van der Waals surface area contributed by atoms with E-state index in [1.54, 1.807) is 13.8 Å². The summed E-state index contributed by atoms with van der Waals surface area (Å²) in [4.78, 5) is 37.5. The molecule has 0 spiro atoms. The molecule has 0 N–H and O–H groups in total. The van der Waals surface area contributed by atoms with E-state index in [1.165, 1.54) is 31.3 Å². The average Bonchev–Trinajstić information content (AvgIpc) is 2.44. The topological polar surface area (TPSA) is 63.7 Å². The van der Waals surface area contributed by atoms with Gasteiger partial charge >= 0.3 is 5.97 Å². The number of imide groups is 1. The molecule has 22 heavy (non-hydrogen) atoms. The van der Waals surface area contributed by atoms with Crippen molar-refractivity contribution >= 4 is 17.8 Å². The van der Waals surface area contributed by atoms with Crippen LogP contribution in [0.1, 0.15) is 31.7 Å². The van der Waals surface area contributed by atoms with E-state index in [4.69, 9.17) is 4.74 Å². The minimum absolute atomic E-state index is 0.00569. The van der Waals surface area contributed by atoms with Crippen LogP contribution in [0.4, 0.5) is 4.39 Å². The number of esters is 1. The number of hydrogen-bond acceptors (Lipinski definition) is 4. The highest BCUT2D eigenvalue weighted by molar-refractivity contribution is 6.08. The predicted molar refractivity (Wildman–Crippen MR) is 76.3 cm³/mol.